The lowest BCUT2D eigenvalue weighted by atomic mass is 9.67. The van der Waals surface area contributed by atoms with Crippen LogP contribution in [0.15, 0.2) is 78.9 Å². The van der Waals surface area contributed by atoms with Crippen molar-refractivity contribution in [1.29, 1.82) is 0 Å². The van der Waals surface area contributed by atoms with E-state index in [0.29, 0.717) is 16.5 Å². The normalized spacial score (nSPS) is 23.4. The van der Waals surface area contributed by atoms with Crippen molar-refractivity contribution < 1.29 is 23.1 Å². The number of likely N-dealkylation sites (tertiary alicyclic amines) is 1. The van der Waals surface area contributed by atoms with Gasteiger partial charge in [0, 0.05) is 35.1 Å². The molecule has 1 aliphatic carbocycles. The van der Waals surface area contributed by atoms with Gasteiger partial charge in [0.15, 0.2) is 0 Å². The van der Waals surface area contributed by atoms with Crippen molar-refractivity contribution in [3.8, 4) is 0 Å². The van der Waals surface area contributed by atoms with E-state index in [9.17, 15) is 23.1 Å². The van der Waals surface area contributed by atoms with Crippen molar-refractivity contribution in [2.75, 3.05) is 6.54 Å². The summed E-state index contributed by atoms with van der Waals surface area (Å²) < 4.78 is 26.6. The Balaban J connectivity index is 1.64. The van der Waals surface area contributed by atoms with Crippen LogP contribution in [0.4, 0.5) is 0 Å². The van der Waals surface area contributed by atoms with E-state index in [1.807, 2.05) is 65.6 Å². The molecule has 3 aromatic rings. The Morgan fingerprint density at radius 1 is 1.00 bits per heavy atom. The number of rotatable bonds is 11. The van der Waals surface area contributed by atoms with Gasteiger partial charge in [-0.05, 0) is 66.1 Å². The van der Waals surface area contributed by atoms with Crippen molar-refractivity contribution in [3.05, 3.63) is 106 Å². The number of nitrogens with zero attached hydrogens (tertiary/aromatic N) is 2. The van der Waals surface area contributed by atoms with E-state index in [1.165, 1.54) is 4.31 Å². The first-order valence-electron chi connectivity index (χ1n) is 14.0. The van der Waals surface area contributed by atoms with E-state index in [1.54, 1.807) is 25.1 Å². The highest BCUT2D eigenvalue weighted by molar-refractivity contribution is 7.69. The number of piperidine rings is 1. The largest absolute Gasteiger partial charge is 0.481 e. The molecule has 1 aliphatic heterocycles. The van der Waals surface area contributed by atoms with E-state index < -0.39 is 34.4 Å². The molecule has 1 amide bonds. The Bertz CT molecular complexity index is 1500. The maximum absolute atomic E-state index is 14.6. The van der Waals surface area contributed by atoms with Gasteiger partial charge in [0.05, 0.1) is 17.9 Å². The number of carbonyl (C=O) groups is 2. The van der Waals surface area contributed by atoms with Gasteiger partial charge in [0.1, 0.15) is 0 Å². The van der Waals surface area contributed by atoms with Crippen LogP contribution in [0.2, 0.25) is 10.0 Å². The average molecular weight is 630 g/mol. The topological polar surface area (TPSA) is 95.0 Å². The van der Waals surface area contributed by atoms with Crippen molar-refractivity contribution in [1.82, 2.24) is 9.21 Å². The van der Waals surface area contributed by atoms with Crippen LogP contribution in [0.1, 0.15) is 61.3 Å². The van der Waals surface area contributed by atoms with Crippen LogP contribution in [0.5, 0.6) is 0 Å². The van der Waals surface area contributed by atoms with Gasteiger partial charge in [-0.25, -0.2) is 8.42 Å². The smallest absolute Gasteiger partial charge is 0.304 e. The highest BCUT2D eigenvalue weighted by Crippen LogP contribution is 2.54. The van der Waals surface area contributed by atoms with E-state index in [0.717, 1.165) is 29.5 Å². The number of carboxylic acids is 1. The molecule has 2 aliphatic rings. The zero-order chi connectivity index (χ0) is 30.0. The minimum absolute atomic E-state index is 0.0872. The fraction of sp³-hybridized carbons (Fsp3) is 0.375. The molecule has 0 aromatic heterocycles. The molecule has 0 unspecified atom stereocenters. The average Bonchev–Trinajstić information content (AvgIpc) is 3.79. The number of amides is 1. The van der Waals surface area contributed by atoms with Gasteiger partial charge >= 0.3 is 5.97 Å². The lowest BCUT2D eigenvalue weighted by Crippen LogP contribution is -2.58. The predicted octanol–water partition coefficient (Wildman–Crippen LogP) is 6.34. The van der Waals surface area contributed by atoms with Crippen molar-refractivity contribution >= 4 is 46.0 Å². The van der Waals surface area contributed by atoms with Crippen LogP contribution < -0.4 is 0 Å². The van der Waals surface area contributed by atoms with Crippen molar-refractivity contribution in [2.24, 2.45) is 11.3 Å². The molecule has 4 atom stereocenters. The summed E-state index contributed by atoms with van der Waals surface area (Å²) in [6.45, 7) is 2.01. The Kier molecular flexibility index (Phi) is 9.28. The fourth-order valence-corrected chi connectivity index (χ4v) is 7.29. The molecule has 222 valence electrons. The lowest BCUT2D eigenvalue weighted by Gasteiger charge is -2.52. The molecule has 0 bridgehead atoms. The summed E-state index contributed by atoms with van der Waals surface area (Å²) in [6, 6.07) is 23.2. The van der Waals surface area contributed by atoms with Gasteiger partial charge in [-0.1, -0.05) is 84.7 Å². The standard InChI is InChI=1S/C32H34Cl2N2O5S/c1-32(18-29(37)38)17-27(24-8-5-9-26(34)16-24)30(23-12-14-25(33)15-13-23)36(31(32)39)28(22-10-11-22)20-35(42(40)41)19-21-6-3-2-4-7-21/h2-9,12-16,22,27-28,30,42H,10-11,17-20H2,1H3,(H,37,38)/t27-,28-,30-,32-/m1/s1. The molecular weight excluding hydrogens is 595 g/mol. The summed E-state index contributed by atoms with van der Waals surface area (Å²) >= 11 is 12.7. The van der Waals surface area contributed by atoms with Crippen LogP contribution in [0.25, 0.3) is 0 Å². The molecule has 42 heavy (non-hydrogen) atoms. The van der Waals surface area contributed by atoms with Crippen molar-refractivity contribution in [3.63, 3.8) is 0 Å². The molecule has 7 nitrogen and oxygen atoms in total. The van der Waals surface area contributed by atoms with Crippen LogP contribution in [0, 0.1) is 11.3 Å². The molecule has 1 heterocycles. The third kappa shape index (κ3) is 6.83. The zero-order valence-electron chi connectivity index (χ0n) is 23.2. The van der Waals surface area contributed by atoms with Crippen LogP contribution in [-0.2, 0) is 27.0 Å². The summed E-state index contributed by atoms with van der Waals surface area (Å²) in [6.07, 6.45) is 1.67. The predicted molar refractivity (Wildman–Crippen MR) is 164 cm³/mol. The third-order valence-electron chi connectivity index (χ3n) is 8.49. The lowest BCUT2D eigenvalue weighted by molar-refractivity contribution is -0.161. The molecular formula is C32H34Cl2N2O5S. The number of hydrogen-bond acceptors (Lipinski definition) is 4. The number of halogens is 2. The molecule has 1 saturated heterocycles. The van der Waals surface area contributed by atoms with Gasteiger partial charge in [-0.15, -0.1) is 0 Å². The first kappa shape index (κ1) is 30.5. The molecule has 1 saturated carbocycles. The van der Waals surface area contributed by atoms with Crippen LogP contribution in [0.3, 0.4) is 0 Å². The number of carbonyl (C=O) groups excluding carboxylic acids is 1. The molecule has 3 aromatic carbocycles. The monoisotopic (exact) mass is 628 g/mol. The summed E-state index contributed by atoms with van der Waals surface area (Å²) in [5.74, 6) is -1.54. The second-order valence-corrected chi connectivity index (χ2v) is 13.6. The summed E-state index contributed by atoms with van der Waals surface area (Å²) in [7, 11) is -2.96. The zero-order valence-corrected chi connectivity index (χ0v) is 25.6. The maximum Gasteiger partial charge on any atom is 0.304 e. The summed E-state index contributed by atoms with van der Waals surface area (Å²) in [4.78, 5) is 28.5. The quantitative estimate of drug-likeness (QED) is 0.242. The Hall–Kier alpha value is -2.91. The molecule has 0 radical (unpaired) electrons. The number of carboxylic acid groups (broad SMARTS) is 1. The fourth-order valence-electron chi connectivity index (χ4n) is 6.39. The van der Waals surface area contributed by atoms with Crippen LogP contribution in [-0.4, -0.2) is 47.2 Å². The second-order valence-electron chi connectivity index (χ2n) is 11.7. The van der Waals surface area contributed by atoms with E-state index in [-0.39, 0.29) is 37.3 Å². The highest BCUT2D eigenvalue weighted by atomic mass is 35.5. The first-order chi connectivity index (χ1) is 20.1. The number of aliphatic carboxylic acids is 1. The summed E-state index contributed by atoms with van der Waals surface area (Å²) in [5, 5.41) is 11.0. The molecule has 0 spiro atoms. The molecule has 5 rings (SSSR count). The van der Waals surface area contributed by atoms with Gasteiger partial charge in [-0.2, -0.15) is 4.31 Å². The number of thiol groups is 1. The Morgan fingerprint density at radius 3 is 2.29 bits per heavy atom. The number of benzene rings is 3. The molecule has 1 N–H and O–H groups in total. The molecule has 10 heteroatoms. The highest BCUT2D eigenvalue weighted by Gasteiger charge is 2.54. The Morgan fingerprint density at radius 2 is 1.69 bits per heavy atom. The first-order valence-corrected chi connectivity index (χ1v) is 15.9. The van der Waals surface area contributed by atoms with Gasteiger partial charge in [0.25, 0.3) is 0 Å². The molecule has 2 fully saturated rings. The summed E-state index contributed by atoms with van der Waals surface area (Å²) in [5.41, 5.74) is 1.38. The van der Waals surface area contributed by atoms with E-state index >= 15 is 0 Å². The van der Waals surface area contributed by atoms with Gasteiger partial charge in [0.2, 0.25) is 16.8 Å². The third-order valence-corrected chi connectivity index (χ3v) is 9.75. The van der Waals surface area contributed by atoms with E-state index in [4.69, 9.17) is 23.2 Å². The van der Waals surface area contributed by atoms with Gasteiger partial charge in [-0.3, -0.25) is 9.59 Å². The minimum atomic E-state index is -2.96. The minimum Gasteiger partial charge on any atom is -0.481 e. The SMILES string of the molecule is C[C@]1(CC(=O)O)C[C@H](c2cccc(Cl)c2)[C@@H](c2ccc(Cl)cc2)N([C@H](CN(Cc2ccccc2)[SH](=O)=O)C2CC2)C1=O. The number of hydrogen-bond donors (Lipinski definition) is 2. The van der Waals surface area contributed by atoms with Gasteiger partial charge < -0.3 is 10.0 Å². The Labute approximate surface area is 258 Å². The second kappa shape index (κ2) is 12.8. The van der Waals surface area contributed by atoms with Crippen molar-refractivity contribution in [2.45, 2.75) is 57.2 Å². The maximum atomic E-state index is 14.6. The van der Waals surface area contributed by atoms with E-state index in [2.05, 4.69) is 0 Å². The van der Waals surface area contributed by atoms with Crippen LogP contribution >= 0.6 is 23.2 Å².